The lowest BCUT2D eigenvalue weighted by molar-refractivity contribution is -0.127. The minimum absolute atomic E-state index is 0.0519. The van der Waals surface area contributed by atoms with E-state index in [0.717, 1.165) is 29.1 Å². The molecule has 1 aromatic heterocycles. The maximum Gasteiger partial charge on any atom is 0.246 e. The molecule has 0 bridgehead atoms. The van der Waals surface area contributed by atoms with Crippen molar-refractivity contribution in [3.63, 3.8) is 0 Å². The van der Waals surface area contributed by atoms with Crippen molar-refractivity contribution in [2.75, 3.05) is 26.2 Å². The number of hydrogen-bond donors (Lipinski definition) is 0. The van der Waals surface area contributed by atoms with Crippen molar-refractivity contribution in [2.24, 2.45) is 7.05 Å². The quantitative estimate of drug-likeness (QED) is 0.725. The average molecular weight is 406 g/mol. The summed E-state index contributed by atoms with van der Waals surface area (Å²) in [6, 6.07) is 4.76. The summed E-state index contributed by atoms with van der Waals surface area (Å²) < 4.78 is 41.4. The van der Waals surface area contributed by atoms with Crippen molar-refractivity contribution in [1.82, 2.24) is 19.0 Å². The summed E-state index contributed by atoms with van der Waals surface area (Å²) >= 11 is 0. The van der Waals surface area contributed by atoms with Crippen LogP contribution in [0.1, 0.15) is 17.0 Å². The normalized spacial score (nSPS) is 16.1. The number of halogens is 1. The highest BCUT2D eigenvalue weighted by atomic mass is 32.2. The van der Waals surface area contributed by atoms with E-state index in [1.54, 1.807) is 15.7 Å². The van der Waals surface area contributed by atoms with E-state index in [2.05, 4.69) is 5.10 Å². The molecule has 1 aromatic carbocycles. The predicted octanol–water partition coefficient (Wildman–Crippen LogP) is 1.72. The molecule has 2 aromatic rings. The number of benzene rings is 1. The Balaban J connectivity index is 1.64. The largest absolute Gasteiger partial charge is 0.337 e. The number of hydrogen-bond acceptors (Lipinski definition) is 4. The van der Waals surface area contributed by atoms with Crippen molar-refractivity contribution in [2.45, 2.75) is 18.7 Å². The molecule has 0 N–H and O–H groups in total. The zero-order chi connectivity index (χ0) is 20.5. The maximum absolute atomic E-state index is 13.0. The maximum atomic E-state index is 13.0. The summed E-state index contributed by atoms with van der Waals surface area (Å²) in [6.07, 6.45) is 3.25. The number of piperazine rings is 1. The van der Waals surface area contributed by atoms with Gasteiger partial charge in [0.1, 0.15) is 5.82 Å². The number of carbonyl (C=O) groups is 1. The molecule has 0 saturated carbocycles. The Bertz CT molecular complexity index is 1000. The first-order valence-corrected chi connectivity index (χ1v) is 10.4. The molecule has 1 amide bonds. The van der Waals surface area contributed by atoms with Crippen molar-refractivity contribution < 1.29 is 17.6 Å². The third kappa shape index (κ3) is 4.00. The van der Waals surface area contributed by atoms with Gasteiger partial charge < -0.3 is 4.90 Å². The summed E-state index contributed by atoms with van der Waals surface area (Å²) in [4.78, 5) is 14.1. The van der Waals surface area contributed by atoms with Crippen LogP contribution in [-0.4, -0.2) is 59.5 Å². The Hall–Kier alpha value is -2.52. The number of sulfonamides is 1. The van der Waals surface area contributed by atoms with Crippen LogP contribution in [0, 0.1) is 19.7 Å². The fourth-order valence-corrected chi connectivity index (χ4v) is 4.62. The van der Waals surface area contributed by atoms with Crippen LogP contribution in [0.25, 0.3) is 6.08 Å². The highest BCUT2D eigenvalue weighted by molar-refractivity contribution is 7.89. The molecule has 7 nitrogen and oxygen atoms in total. The molecule has 1 saturated heterocycles. The zero-order valence-electron chi connectivity index (χ0n) is 16.1. The lowest BCUT2D eigenvalue weighted by Gasteiger charge is -2.33. The summed E-state index contributed by atoms with van der Waals surface area (Å²) in [7, 11) is -1.84. The average Bonchev–Trinajstić information content (AvgIpc) is 2.92. The van der Waals surface area contributed by atoms with Gasteiger partial charge in [-0.1, -0.05) is 0 Å². The number of aryl methyl sites for hydroxylation is 2. The highest BCUT2D eigenvalue weighted by Gasteiger charge is 2.29. The van der Waals surface area contributed by atoms with Crippen LogP contribution in [0.5, 0.6) is 0 Å². The molecule has 0 aliphatic carbocycles. The first-order chi connectivity index (χ1) is 13.2. The number of amides is 1. The number of carbonyl (C=O) groups excluding carboxylic acids is 1. The second kappa shape index (κ2) is 7.84. The minimum atomic E-state index is -3.69. The molecule has 1 aliphatic heterocycles. The molecule has 1 aliphatic rings. The molecule has 150 valence electrons. The number of aromatic nitrogens is 2. The standard InChI is InChI=1S/C19H23FN4O3S/c1-14-18(15(2)22(3)21-14)8-9-19(25)23-10-12-24(13-11-23)28(26,27)17-6-4-16(20)5-7-17/h4-9H,10-13H2,1-3H3/b9-8+. The molecule has 1 fully saturated rings. The first kappa shape index (κ1) is 20.2. The molecule has 3 rings (SSSR count). The Morgan fingerprint density at radius 1 is 1.11 bits per heavy atom. The van der Waals surface area contributed by atoms with Crippen LogP contribution < -0.4 is 0 Å². The van der Waals surface area contributed by atoms with E-state index in [4.69, 9.17) is 0 Å². The smallest absolute Gasteiger partial charge is 0.246 e. The lowest BCUT2D eigenvalue weighted by atomic mass is 10.2. The third-order valence-corrected chi connectivity index (χ3v) is 6.87. The monoisotopic (exact) mass is 406 g/mol. The van der Waals surface area contributed by atoms with Gasteiger partial charge in [-0.15, -0.1) is 0 Å². The predicted molar refractivity (Wildman–Crippen MR) is 103 cm³/mol. The van der Waals surface area contributed by atoms with Crippen LogP contribution in [0.3, 0.4) is 0 Å². The zero-order valence-corrected chi connectivity index (χ0v) is 16.9. The van der Waals surface area contributed by atoms with Crippen LogP contribution in [0.15, 0.2) is 35.2 Å². The summed E-state index contributed by atoms with van der Waals surface area (Å²) in [6.45, 7) is 4.82. The van der Waals surface area contributed by atoms with E-state index in [9.17, 15) is 17.6 Å². The molecule has 28 heavy (non-hydrogen) atoms. The fourth-order valence-electron chi connectivity index (χ4n) is 3.20. The Morgan fingerprint density at radius 3 is 2.25 bits per heavy atom. The van der Waals surface area contributed by atoms with Gasteiger partial charge in [-0.3, -0.25) is 9.48 Å². The van der Waals surface area contributed by atoms with Crippen LogP contribution in [0.4, 0.5) is 4.39 Å². The Morgan fingerprint density at radius 2 is 1.71 bits per heavy atom. The van der Waals surface area contributed by atoms with E-state index >= 15 is 0 Å². The van der Waals surface area contributed by atoms with E-state index in [-0.39, 0.29) is 23.9 Å². The van der Waals surface area contributed by atoms with Crippen LogP contribution in [-0.2, 0) is 21.9 Å². The van der Waals surface area contributed by atoms with E-state index in [1.165, 1.54) is 22.5 Å². The minimum Gasteiger partial charge on any atom is -0.337 e. The molecule has 2 heterocycles. The molecule has 0 radical (unpaired) electrons. The van der Waals surface area contributed by atoms with Gasteiger partial charge in [-0.05, 0) is 44.2 Å². The molecule has 0 atom stereocenters. The second-order valence-corrected chi connectivity index (χ2v) is 8.66. The third-order valence-electron chi connectivity index (χ3n) is 4.96. The van der Waals surface area contributed by atoms with Gasteiger partial charge in [0.15, 0.2) is 0 Å². The SMILES string of the molecule is Cc1nn(C)c(C)c1/C=C/C(=O)N1CCN(S(=O)(=O)c2ccc(F)cc2)CC1. The summed E-state index contributed by atoms with van der Waals surface area (Å²) in [5.41, 5.74) is 2.73. The topological polar surface area (TPSA) is 75.5 Å². The summed E-state index contributed by atoms with van der Waals surface area (Å²) in [5.74, 6) is -0.651. The number of nitrogens with zero attached hydrogens (tertiary/aromatic N) is 4. The molecular formula is C19H23FN4O3S. The van der Waals surface area contributed by atoms with Gasteiger partial charge in [-0.25, -0.2) is 12.8 Å². The van der Waals surface area contributed by atoms with Crippen LogP contribution >= 0.6 is 0 Å². The number of rotatable bonds is 4. The van der Waals surface area contributed by atoms with Gasteiger partial charge in [0.25, 0.3) is 0 Å². The summed E-state index contributed by atoms with van der Waals surface area (Å²) in [5, 5.41) is 4.32. The van der Waals surface area contributed by atoms with Gasteiger partial charge in [0.05, 0.1) is 10.6 Å². The van der Waals surface area contributed by atoms with Crippen molar-refractivity contribution in [1.29, 1.82) is 0 Å². The van der Waals surface area contributed by atoms with Crippen molar-refractivity contribution >= 4 is 22.0 Å². The van der Waals surface area contributed by atoms with Gasteiger partial charge in [-0.2, -0.15) is 9.40 Å². The van der Waals surface area contributed by atoms with Crippen LogP contribution in [0.2, 0.25) is 0 Å². The van der Waals surface area contributed by atoms with E-state index < -0.39 is 15.8 Å². The van der Waals surface area contributed by atoms with E-state index in [0.29, 0.717) is 13.1 Å². The van der Waals surface area contributed by atoms with E-state index in [1.807, 2.05) is 20.9 Å². The Kier molecular flexibility index (Phi) is 5.66. The first-order valence-electron chi connectivity index (χ1n) is 8.93. The fraction of sp³-hybridized carbons (Fsp3) is 0.368. The molecule has 0 spiro atoms. The highest BCUT2D eigenvalue weighted by Crippen LogP contribution is 2.19. The second-order valence-electron chi connectivity index (χ2n) is 6.72. The molecule has 9 heteroatoms. The molecular weight excluding hydrogens is 383 g/mol. The van der Waals surface area contributed by atoms with Crippen molar-refractivity contribution in [3.8, 4) is 0 Å². The molecule has 0 unspecified atom stereocenters. The Labute approximate surface area is 164 Å². The van der Waals surface area contributed by atoms with Gasteiger partial charge >= 0.3 is 0 Å². The van der Waals surface area contributed by atoms with Gasteiger partial charge in [0.2, 0.25) is 15.9 Å². The van der Waals surface area contributed by atoms with Gasteiger partial charge in [0, 0.05) is 50.6 Å². The van der Waals surface area contributed by atoms with Crippen molar-refractivity contribution in [3.05, 3.63) is 53.1 Å². The lowest BCUT2D eigenvalue weighted by Crippen LogP contribution is -2.50.